The fraction of sp³-hybridized carbons (Fsp3) is 0.0345. The Labute approximate surface area is 356 Å². The van der Waals surface area contributed by atoms with Crippen molar-refractivity contribution in [2.75, 3.05) is 0 Å². The molecular weight excluding hydrogens is 761 g/mol. The Morgan fingerprint density at radius 3 is 1.03 bits per heavy atom. The highest BCUT2D eigenvalue weighted by molar-refractivity contribution is 6.20. The molecule has 2 N–H and O–H groups in total. The standard InChI is InChI=1S/C58H36O4/c59-57(37-17-13-15-35(31-37)45-33-47-41-21-5-11-29-53(41)61-55(47)43-23-3-1-19-39(43)45)49-25-7-9-27-51(49)58(60,52-28-10-8-26-50(52)57)38-18-14-16-36(32-38)46-34-48-42-22-6-12-30-54(42)62-56(48)44-24-4-2-20-40(44)46/h1-34,59-60H. The summed E-state index contributed by atoms with van der Waals surface area (Å²) < 4.78 is 12.9. The molecule has 1 aliphatic rings. The summed E-state index contributed by atoms with van der Waals surface area (Å²) in [5.41, 5.74) is 8.18. The number of furan rings is 2. The minimum absolute atomic E-state index is 0.627. The lowest BCUT2D eigenvalue weighted by atomic mass is 9.63. The van der Waals surface area contributed by atoms with Gasteiger partial charge in [-0.25, -0.2) is 0 Å². The molecule has 13 rings (SSSR count). The lowest BCUT2D eigenvalue weighted by Crippen LogP contribution is -2.44. The van der Waals surface area contributed by atoms with Gasteiger partial charge in [-0.1, -0.05) is 170 Å². The molecule has 4 nitrogen and oxygen atoms in total. The Bertz CT molecular complexity index is 3510. The van der Waals surface area contributed by atoms with Crippen molar-refractivity contribution >= 4 is 65.4 Å². The molecule has 2 aromatic heterocycles. The van der Waals surface area contributed by atoms with E-state index in [0.717, 1.165) is 87.7 Å². The van der Waals surface area contributed by atoms with Crippen molar-refractivity contribution < 1.29 is 19.0 Å². The van der Waals surface area contributed by atoms with E-state index in [1.54, 1.807) is 0 Å². The van der Waals surface area contributed by atoms with E-state index in [9.17, 15) is 10.2 Å². The van der Waals surface area contributed by atoms with E-state index in [2.05, 4.69) is 84.9 Å². The quantitative estimate of drug-likeness (QED) is 0.186. The van der Waals surface area contributed by atoms with Crippen LogP contribution in [0.2, 0.25) is 0 Å². The average Bonchev–Trinajstić information content (AvgIpc) is 3.92. The number of hydrogen-bond acceptors (Lipinski definition) is 4. The number of aliphatic hydroxyl groups is 2. The molecule has 1 aliphatic carbocycles. The number of benzene rings is 10. The van der Waals surface area contributed by atoms with Gasteiger partial charge in [-0.3, -0.25) is 0 Å². The van der Waals surface area contributed by atoms with Crippen molar-refractivity contribution in [2.45, 2.75) is 11.2 Å². The second-order valence-corrected chi connectivity index (χ2v) is 16.6. The summed E-state index contributed by atoms with van der Waals surface area (Å²) in [5, 5.41) is 35.6. The van der Waals surface area contributed by atoms with Gasteiger partial charge >= 0.3 is 0 Å². The molecule has 0 saturated carbocycles. The van der Waals surface area contributed by atoms with E-state index in [1.807, 2.05) is 121 Å². The first kappa shape index (κ1) is 35.0. The van der Waals surface area contributed by atoms with E-state index < -0.39 is 11.2 Å². The van der Waals surface area contributed by atoms with Gasteiger partial charge in [0, 0.05) is 32.3 Å². The largest absolute Gasteiger partial charge is 0.455 e. The molecule has 0 fully saturated rings. The lowest BCUT2D eigenvalue weighted by molar-refractivity contribution is 0.0748. The number of para-hydroxylation sites is 2. The van der Waals surface area contributed by atoms with Gasteiger partial charge < -0.3 is 19.0 Å². The maximum Gasteiger partial charge on any atom is 0.143 e. The van der Waals surface area contributed by atoms with E-state index >= 15 is 0 Å². The van der Waals surface area contributed by atoms with E-state index in [0.29, 0.717) is 33.4 Å². The third kappa shape index (κ3) is 4.73. The van der Waals surface area contributed by atoms with Gasteiger partial charge in [0.1, 0.15) is 33.5 Å². The zero-order valence-corrected chi connectivity index (χ0v) is 33.3. The maximum atomic E-state index is 13.6. The summed E-state index contributed by atoms with van der Waals surface area (Å²) in [4.78, 5) is 0. The SMILES string of the molecule is OC1(c2cccc(-c3cc4c5ccccc5oc4c4ccccc34)c2)c2ccccc2C(O)(c2cccc(-c3cc4c5ccccc5oc4c4ccccc34)c2)c2ccccc21. The van der Waals surface area contributed by atoms with Gasteiger partial charge in [-0.2, -0.15) is 0 Å². The molecule has 10 aromatic carbocycles. The molecule has 0 aliphatic heterocycles. The van der Waals surface area contributed by atoms with Gasteiger partial charge in [0.2, 0.25) is 0 Å². The minimum Gasteiger partial charge on any atom is -0.455 e. The first-order chi connectivity index (χ1) is 30.5. The van der Waals surface area contributed by atoms with Gasteiger partial charge in [0.25, 0.3) is 0 Å². The summed E-state index contributed by atoms with van der Waals surface area (Å²) in [7, 11) is 0. The van der Waals surface area contributed by atoms with Crippen LogP contribution in [0.15, 0.2) is 215 Å². The van der Waals surface area contributed by atoms with E-state index in [1.165, 1.54) is 0 Å². The normalized spacial score (nSPS) is 17.3. The summed E-state index contributed by atoms with van der Waals surface area (Å²) in [6, 6.07) is 69.5. The average molecular weight is 797 g/mol. The maximum absolute atomic E-state index is 13.6. The third-order valence-corrected chi connectivity index (χ3v) is 13.4. The van der Waals surface area contributed by atoms with Crippen molar-refractivity contribution in [1.82, 2.24) is 0 Å². The first-order valence-corrected chi connectivity index (χ1v) is 21.0. The lowest BCUT2D eigenvalue weighted by Gasteiger charge is -2.45. The first-order valence-electron chi connectivity index (χ1n) is 21.0. The van der Waals surface area contributed by atoms with Crippen LogP contribution in [0.25, 0.3) is 87.7 Å². The smallest absolute Gasteiger partial charge is 0.143 e. The zero-order chi connectivity index (χ0) is 41.2. The van der Waals surface area contributed by atoms with Gasteiger partial charge in [-0.15, -0.1) is 0 Å². The van der Waals surface area contributed by atoms with E-state index in [4.69, 9.17) is 8.83 Å². The van der Waals surface area contributed by atoms with Crippen LogP contribution >= 0.6 is 0 Å². The molecule has 0 amide bonds. The van der Waals surface area contributed by atoms with Crippen LogP contribution < -0.4 is 0 Å². The Hall–Kier alpha value is -7.76. The van der Waals surface area contributed by atoms with Gasteiger partial charge in [0.05, 0.1) is 0 Å². The fourth-order valence-corrected chi connectivity index (χ4v) is 10.5. The van der Waals surface area contributed by atoms with Crippen molar-refractivity contribution in [2.24, 2.45) is 0 Å². The highest BCUT2D eigenvalue weighted by Gasteiger charge is 2.51. The summed E-state index contributed by atoms with van der Waals surface area (Å²) >= 11 is 0. The molecule has 0 saturated heterocycles. The molecule has 4 heteroatoms. The molecular formula is C58H36O4. The number of fused-ring (bicyclic) bond motifs is 12. The highest BCUT2D eigenvalue weighted by atomic mass is 16.3. The van der Waals surface area contributed by atoms with Crippen molar-refractivity contribution in [3.63, 3.8) is 0 Å². The van der Waals surface area contributed by atoms with Gasteiger partial charge in [-0.05, 0) is 103 Å². The summed E-state index contributed by atoms with van der Waals surface area (Å²) in [5.74, 6) is 0. The number of hydrogen-bond donors (Lipinski definition) is 2. The Morgan fingerprint density at radius 1 is 0.290 bits per heavy atom. The van der Waals surface area contributed by atoms with Crippen LogP contribution in [0, 0.1) is 0 Å². The van der Waals surface area contributed by atoms with Crippen LogP contribution in [0.1, 0.15) is 33.4 Å². The van der Waals surface area contributed by atoms with Crippen molar-refractivity contribution in [3.8, 4) is 22.3 Å². The molecule has 0 unspecified atom stereocenters. The van der Waals surface area contributed by atoms with Crippen molar-refractivity contribution in [1.29, 1.82) is 0 Å². The Balaban J connectivity index is 1.00. The van der Waals surface area contributed by atoms with Crippen LogP contribution in [0.3, 0.4) is 0 Å². The van der Waals surface area contributed by atoms with E-state index in [-0.39, 0.29) is 0 Å². The topological polar surface area (TPSA) is 66.7 Å². The fourth-order valence-electron chi connectivity index (χ4n) is 10.5. The molecule has 0 radical (unpaired) electrons. The second-order valence-electron chi connectivity index (χ2n) is 16.6. The second kappa shape index (κ2) is 12.9. The molecule has 0 atom stereocenters. The Kier molecular flexibility index (Phi) is 7.27. The summed E-state index contributed by atoms with van der Waals surface area (Å²) in [6.07, 6.45) is 0. The predicted octanol–water partition coefficient (Wildman–Crippen LogP) is 14.0. The molecule has 2 heterocycles. The van der Waals surface area contributed by atoms with Crippen LogP contribution in [-0.2, 0) is 11.2 Å². The zero-order valence-electron chi connectivity index (χ0n) is 33.3. The van der Waals surface area contributed by atoms with Crippen LogP contribution in [0.5, 0.6) is 0 Å². The van der Waals surface area contributed by atoms with Crippen molar-refractivity contribution in [3.05, 3.63) is 240 Å². The van der Waals surface area contributed by atoms with Crippen LogP contribution in [0.4, 0.5) is 0 Å². The predicted molar refractivity (Wildman–Crippen MR) is 250 cm³/mol. The minimum atomic E-state index is -1.60. The Morgan fingerprint density at radius 2 is 0.629 bits per heavy atom. The number of rotatable bonds is 4. The monoisotopic (exact) mass is 796 g/mol. The molecule has 292 valence electrons. The van der Waals surface area contributed by atoms with Crippen LogP contribution in [-0.4, -0.2) is 10.2 Å². The highest BCUT2D eigenvalue weighted by Crippen LogP contribution is 2.54. The molecule has 0 spiro atoms. The third-order valence-electron chi connectivity index (χ3n) is 13.4. The van der Waals surface area contributed by atoms with Gasteiger partial charge in [0.15, 0.2) is 0 Å². The molecule has 12 aromatic rings. The molecule has 0 bridgehead atoms. The summed E-state index contributed by atoms with van der Waals surface area (Å²) in [6.45, 7) is 0. The molecule has 62 heavy (non-hydrogen) atoms.